The Labute approximate surface area is 136 Å². The topological polar surface area (TPSA) is 208 Å². The first-order valence-corrected chi connectivity index (χ1v) is 6.77. The van der Waals surface area contributed by atoms with E-state index in [9.17, 15) is 24.0 Å². The minimum Gasteiger partial charge on any atom is -0.481 e. The molecule has 3 atom stereocenters. The number of aliphatic hydroxyl groups excluding tert-OH is 1. The fourth-order valence-corrected chi connectivity index (χ4v) is 1.41. The lowest BCUT2D eigenvalue weighted by atomic mass is 10.2. The van der Waals surface area contributed by atoms with E-state index in [4.69, 9.17) is 21.1 Å². The van der Waals surface area contributed by atoms with Gasteiger partial charge in [-0.25, -0.2) is 4.79 Å². The van der Waals surface area contributed by atoms with Crippen LogP contribution in [0.25, 0.3) is 0 Å². The van der Waals surface area contributed by atoms with Crippen molar-refractivity contribution in [1.29, 1.82) is 0 Å². The van der Waals surface area contributed by atoms with Crippen LogP contribution in [0.4, 0.5) is 0 Å². The highest BCUT2D eigenvalue weighted by molar-refractivity contribution is 5.93. The molecule has 0 aromatic rings. The van der Waals surface area contributed by atoms with Crippen LogP contribution in [0.1, 0.15) is 13.3 Å². The molecule has 0 radical (unpaired) electrons. The van der Waals surface area contributed by atoms with Crippen molar-refractivity contribution in [2.24, 2.45) is 5.73 Å². The van der Waals surface area contributed by atoms with E-state index in [1.165, 1.54) is 6.92 Å². The second-order valence-electron chi connectivity index (χ2n) is 4.79. The Balaban J connectivity index is 4.43. The largest absolute Gasteiger partial charge is 0.481 e. The Morgan fingerprint density at radius 2 is 1.62 bits per heavy atom. The first-order valence-electron chi connectivity index (χ1n) is 6.77. The number of aliphatic hydroxyl groups is 1. The molecular weight excluding hydrogens is 328 g/mol. The number of nitrogens with one attached hydrogen (secondary N) is 3. The molecule has 0 aliphatic rings. The molecule has 0 aliphatic heterocycles. The predicted molar refractivity (Wildman–Crippen MR) is 77.5 cm³/mol. The van der Waals surface area contributed by atoms with E-state index < -0.39 is 67.4 Å². The number of carbonyl (C=O) groups excluding carboxylic acids is 3. The molecule has 0 spiro atoms. The van der Waals surface area contributed by atoms with Crippen molar-refractivity contribution in [2.45, 2.75) is 31.5 Å². The van der Waals surface area contributed by atoms with Crippen LogP contribution in [0.3, 0.4) is 0 Å². The quantitative estimate of drug-likeness (QED) is 0.205. The van der Waals surface area contributed by atoms with E-state index in [0.717, 1.165) is 0 Å². The summed E-state index contributed by atoms with van der Waals surface area (Å²) in [5.74, 6) is -5.38. The van der Waals surface area contributed by atoms with Crippen LogP contribution in [-0.4, -0.2) is 76.3 Å². The lowest BCUT2D eigenvalue weighted by molar-refractivity contribution is -0.147. The van der Waals surface area contributed by atoms with Crippen LogP contribution >= 0.6 is 0 Å². The zero-order valence-electron chi connectivity index (χ0n) is 12.8. The van der Waals surface area contributed by atoms with Crippen LogP contribution in [0.5, 0.6) is 0 Å². The van der Waals surface area contributed by atoms with E-state index in [-0.39, 0.29) is 0 Å². The fourth-order valence-electron chi connectivity index (χ4n) is 1.41. The molecule has 24 heavy (non-hydrogen) atoms. The molecule has 136 valence electrons. The zero-order valence-corrected chi connectivity index (χ0v) is 12.8. The molecular formula is C12H20N4O8. The molecule has 0 aromatic heterocycles. The van der Waals surface area contributed by atoms with Gasteiger partial charge in [-0.15, -0.1) is 0 Å². The van der Waals surface area contributed by atoms with Gasteiger partial charge in [0.25, 0.3) is 0 Å². The third kappa shape index (κ3) is 8.05. The van der Waals surface area contributed by atoms with Gasteiger partial charge in [-0.3, -0.25) is 19.2 Å². The van der Waals surface area contributed by atoms with Gasteiger partial charge in [0.15, 0.2) is 0 Å². The van der Waals surface area contributed by atoms with Crippen LogP contribution in [0.2, 0.25) is 0 Å². The molecule has 0 aromatic carbocycles. The van der Waals surface area contributed by atoms with Gasteiger partial charge in [0, 0.05) is 0 Å². The van der Waals surface area contributed by atoms with Crippen molar-refractivity contribution in [2.75, 3.05) is 13.2 Å². The lowest BCUT2D eigenvalue weighted by Gasteiger charge is -2.18. The first kappa shape index (κ1) is 21.3. The molecule has 8 N–H and O–H groups in total. The number of carboxylic acids is 2. The minimum atomic E-state index is -1.64. The van der Waals surface area contributed by atoms with Crippen LogP contribution in [-0.2, 0) is 24.0 Å². The standard InChI is InChI=1S/C12H20N4O8/c1-5(10(21)16-7(12(23)24)2-9(19)20)15-8(18)3-14-11(22)6(13)4-17/h5-7,17H,2-4,13H2,1H3,(H,14,22)(H,15,18)(H,16,21)(H,19,20)(H,23,24). The lowest BCUT2D eigenvalue weighted by Crippen LogP contribution is -2.53. The number of carboxylic acid groups (broad SMARTS) is 2. The number of hydrogen-bond donors (Lipinski definition) is 7. The summed E-state index contributed by atoms with van der Waals surface area (Å²) in [6, 6.07) is -4.00. The summed E-state index contributed by atoms with van der Waals surface area (Å²) in [6.45, 7) is 0.127. The van der Waals surface area contributed by atoms with Crippen molar-refractivity contribution in [3.8, 4) is 0 Å². The smallest absolute Gasteiger partial charge is 0.326 e. The van der Waals surface area contributed by atoms with Gasteiger partial charge >= 0.3 is 11.9 Å². The summed E-state index contributed by atoms with van der Waals surface area (Å²) in [7, 11) is 0. The molecule has 3 unspecified atom stereocenters. The predicted octanol–water partition coefficient (Wildman–Crippen LogP) is -4.03. The summed E-state index contributed by atoms with van der Waals surface area (Å²) in [4.78, 5) is 55.9. The molecule has 0 bridgehead atoms. The van der Waals surface area contributed by atoms with E-state index in [1.807, 2.05) is 5.32 Å². The number of amides is 3. The van der Waals surface area contributed by atoms with Gasteiger partial charge in [-0.2, -0.15) is 0 Å². The maximum absolute atomic E-state index is 11.7. The monoisotopic (exact) mass is 348 g/mol. The minimum absolute atomic E-state index is 0.512. The molecule has 0 aliphatic carbocycles. The average molecular weight is 348 g/mol. The SMILES string of the molecule is CC(NC(=O)CNC(=O)C(N)CO)C(=O)NC(CC(=O)O)C(=O)O. The van der Waals surface area contributed by atoms with Crippen molar-refractivity contribution >= 4 is 29.7 Å². The zero-order chi connectivity index (χ0) is 18.9. The van der Waals surface area contributed by atoms with Crippen LogP contribution < -0.4 is 21.7 Å². The van der Waals surface area contributed by atoms with Crippen LogP contribution in [0.15, 0.2) is 0 Å². The van der Waals surface area contributed by atoms with E-state index in [2.05, 4.69) is 10.6 Å². The third-order valence-electron chi connectivity index (χ3n) is 2.72. The third-order valence-corrected chi connectivity index (χ3v) is 2.72. The summed E-state index contributed by atoms with van der Waals surface area (Å²) in [5.41, 5.74) is 5.21. The maximum Gasteiger partial charge on any atom is 0.326 e. The summed E-state index contributed by atoms with van der Waals surface area (Å²) in [6.07, 6.45) is -0.823. The number of aliphatic carboxylic acids is 2. The molecule has 0 heterocycles. The summed E-state index contributed by atoms with van der Waals surface area (Å²) in [5, 5.41) is 32.3. The van der Waals surface area contributed by atoms with Gasteiger partial charge in [-0.1, -0.05) is 0 Å². The molecule has 0 saturated carbocycles. The molecule has 12 heteroatoms. The summed E-state index contributed by atoms with van der Waals surface area (Å²) < 4.78 is 0. The maximum atomic E-state index is 11.7. The van der Waals surface area contributed by atoms with Gasteiger partial charge in [0.05, 0.1) is 19.6 Å². The van der Waals surface area contributed by atoms with Gasteiger partial charge in [0.2, 0.25) is 17.7 Å². The number of nitrogens with two attached hydrogens (primary N) is 1. The fraction of sp³-hybridized carbons (Fsp3) is 0.583. The summed E-state index contributed by atoms with van der Waals surface area (Å²) >= 11 is 0. The van der Waals surface area contributed by atoms with E-state index >= 15 is 0 Å². The highest BCUT2D eigenvalue weighted by Crippen LogP contribution is 1.94. The van der Waals surface area contributed by atoms with Crippen molar-refractivity contribution < 1.29 is 39.3 Å². The first-order chi connectivity index (χ1) is 11.1. The van der Waals surface area contributed by atoms with E-state index in [1.54, 1.807) is 0 Å². The average Bonchev–Trinajstić information content (AvgIpc) is 2.50. The molecule has 0 saturated heterocycles. The highest BCUT2D eigenvalue weighted by atomic mass is 16.4. The normalized spacial score (nSPS) is 14.0. The van der Waals surface area contributed by atoms with Gasteiger partial charge in [0.1, 0.15) is 18.1 Å². The van der Waals surface area contributed by atoms with Crippen LogP contribution in [0, 0.1) is 0 Å². The number of hydrogen-bond acceptors (Lipinski definition) is 7. The Morgan fingerprint density at radius 1 is 1.04 bits per heavy atom. The van der Waals surface area contributed by atoms with Gasteiger partial charge < -0.3 is 37.0 Å². The Morgan fingerprint density at radius 3 is 2.08 bits per heavy atom. The Bertz CT molecular complexity index is 509. The Hall–Kier alpha value is -2.73. The van der Waals surface area contributed by atoms with Crippen molar-refractivity contribution in [3.63, 3.8) is 0 Å². The van der Waals surface area contributed by atoms with E-state index in [0.29, 0.717) is 0 Å². The molecule has 3 amide bonds. The van der Waals surface area contributed by atoms with Gasteiger partial charge in [-0.05, 0) is 6.92 Å². The number of rotatable bonds is 10. The second kappa shape index (κ2) is 10.1. The molecule has 0 fully saturated rings. The highest BCUT2D eigenvalue weighted by Gasteiger charge is 2.26. The molecule has 0 rings (SSSR count). The van der Waals surface area contributed by atoms with Crippen molar-refractivity contribution in [3.05, 3.63) is 0 Å². The van der Waals surface area contributed by atoms with Crippen molar-refractivity contribution in [1.82, 2.24) is 16.0 Å². The Kier molecular flexibility index (Phi) is 8.97. The molecule has 12 nitrogen and oxygen atoms in total. The number of carbonyl (C=O) groups is 5. The second-order valence-corrected chi connectivity index (χ2v) is 4.79.